The van der Waals surface area contributed by atoms with Gasteiger partial charge in [-0.3, -0.25) is 19.2 Å². The molecule has 0 aromatic heterocycles. The van der Waals surface area contributed by atoms with Crippen LogP contribution in [0.5, 0.6) is 0 Å². The van der Waals surface area contributed by atoms with Crippen molar-refractivity contribution in [3.8, 4) is 66.8 Å². The highest BCUT2D eigenvalue weighted by Gasteiger charge is 2.52. The van der Waals surface area contributed by atoms with E-state index < -0.39 is 5.41 Å². The Morgan fingerprint density at radius 2 is 0.439 bits per heavy atom. The molecule has 2 aliphatic rings. The molecule has 0 fully saturated rings. The molecule has 10 rings (SSSR count). The summed E-state index contributed by atoms with van der Waals surface area (Å²) in [6.45, 7) is 0. The number of rotatable bonds is 8. The van der Waals surface area contributed by atoms with Crippen LogP contribution in [0.25, 0.3) is 66.8 Å². The average Bonchev–Trinajstić information content (AvgIpc) is 3.74. The van der Waals surface area contributed by atoms with Gasteiger partial charge in [0.25, 0.3) is 0 Å². The molecule has 0 N–H and O–H groups in total. The Bertz CT molecular complexity index is 2530. The number of carbonyl (C=O) groups excluding carboxylic acids is 4. The summed E-state index contributed by atoms with van der Waals surface area (Å²) in [5, 5.41) is 0. The SMILES string of the molecule is O=Cc1ccc(-c2ccc3c(c2)C2(c4cc(-c5ccc(C=O)cc5)ccc4-3)c3cc(-c4ccc(C=O)cc4)ccc3-c3ccc(-c4ccc(C=O)cc4)cc32)cc1. The van der Waals surface area contributed by atoms with Crippen LogP contribution in [-0.4, -0.2) is 25.1 Å². The molecule has 0 radical (unpaired) electrons. The van der Waals surface area contributed by atoms with Crippen LogP contribution in [0.3, 0.4) is 0 Å². The van der Waals surface area contributed by atoms with Crippen molar-refractivity contribution in [3.63, 3.8) is 0 Å². The van der Waals surface area contributed by atoms with E-state index in [2.05, 4.69) is 72.8 Å². The first-order valence-corrected chi connectivity index (χ1v) is 18.8. The quantitative estimate of drug-likeness (QED) is 0.146. The molecule has 0 saturated heterocycles. The summed E-state index contributed by atoms with van der Waals surface area (Å²) in [5.74, 6) is 0. The third kappa shape index (κ3) is 5.30. The van der Waals surface area contributed by atoms with Crippen LogP contribution in [0, 0.1) is 0 Å². The van der Waals surface area contributed by atoms with Crippen molar-refractivity contribution in [1.82, 2.24) is 0 Å². The summed E-state index contributed by atoms with van der Waals surface area (Å²) < 4.78 is 0. The van der Waals surface area contributed by atoms with Gasteiger partial charge in [-0.15, -0.1) is 0 Å². The van der Waals surface area contributed by atoms with E-state index in [0.717, 1.165) is 114 Å². The Morgan fingerprint density at radius 3 is 0.632 bits per heavy atom. The molecule has 4 nitrogen and oxygen atoms in total. The van der Waals surface area contributed by atoms with Crippen molar-refractivity contribution in [2.75, 3.05) is 0 Å². The van der Waals surface area contributed by atoms with E-state index in [1.54, 1.807) is 0 Å². The third-order valence-electron chi connectivity index (χ3n) is 11.8. The maximum atomic E-state index is 11.6. The van der Waals surface area contributed by atoms with Crippen molar-refractivity contribution < 1.29 is 19.2 Å². The van der Waals surface area contributed by atoms with Crippen molar-refractivity contribution in [3.05, 3.63) is 214 Å². The van der Waals surface area contributed by atoms with Crippen LogP contribution in [0.15, 0.2) is 170 Å². The molecule has 268 valence electrons. The van der Waals surface area contributed by atoms with Gasteiger partial charge in [-0.25, -0.2) is 0 Å². The lowest BCUT2D eigenvalue weighted by Gasteiger charge is -2.32. The van der Waals surface area contributed by atoms with Gasteiger partial charge in [0.15, 0.2) is 0 Å². The minimum absolute atomic E-state index is 0.624. The van der Waals surface area contributed by atoms with Crippen LogP contribution in [0.4, 0.5) is 0 Å². The second-order valence-electron chi connectivity index (χ2n) is 14.8. The van der Waals surface area contributed by atoms with Gasteiger partial charge in [-0.05, 0) is 113 Å². The predicted molar refractivity (Wildman–Crippen MR) is 226 cm³/mol. The van der Waals surface area contributed by atoms with E-state index in [4.69, 9.17) is 0 Å². The van der Waals surface area contributed by atoms with E-state index in [1.165, 1.54) is 0 Å². The molecule has 0 heterocycles. The first kappa shape index (κ1) is 34.0. The number of hydrogen-bond donors (Lipinski definition) is 0. The van der Waals surface area contributed by atoms with Crippen LogP contribution in [-0.2, 0) is 5.41 Å². The third-order valence-corrected chi connectivity index (χ3v) is 11.8. The second kappa shape index (κ2) is 13.3. The maximum Gasteiger partial charge on any atom is 0.150 e. The van der Waals surface area contributed by atoms with Crippen LogP contribution in [0.1, 0.15) is 63.7 Å². The predicted octanol–water partition coefficient (Wildman–Crippen LogP) is 11.9. The van der Waals surface area contributed by atoms with Gasteiger partial charge < -0.3 is 0 Å². The smallest absolute Gasteiger partial charge is 0.150 e. The minimum Gasteiger partial charge on any atom is -0.298 e. The van der Waals surface area contributed by atoms with Crippen LogP contribution in [0.2, 0.25) is 0 Å². The fourth-order valence-corrected chi connectivity index (χ4v) is 8.96. The molecule has 1 spiro atoms. The zero-order valence-corrected chi connectivity index (χ0v) is 30.6. The number of carbonyl (C=O) groups is 4. The lowest BCUT2D eigenvalue weighted by atomic mass is 9.69. The Hall–Kier alpha value is -7.56. The largest absolute Gasteiger partial charge is 0.298 e. The Balaban J connectivity index is 1.29. The molecule has 0 bridgehead atoms. The van der Waals surface area contributed by atoms with Gasteiger partial charge in [0.1, 0.15) is 25.1 Å². The van der Waals surface area contributed by atoms with Crippen LogP contribution < -0.4 is 0 Å². The second-order valence-corrected chi connectivity index (χ2v) is 14.8. The molecule has 0 aliphatic heterocycles. The average molecular weight is 733 g/mol. The van der Waals surface area contributed by atoms with Crippen molar-refractivity contribution in [1.29, 1.82) is 0 Å². The number of benzene rings is 8. The number of aldehydes is 4. The zero-order chi connectivity index (χ0) is 38.7. The van der Waals surface area contributed by atoms with Gasteiger partial charge >= 0.3 is 0 Å². The number of hydrogen-bond acceptors (Lipinski definition) is 4. The zero-order valence-electron chi connectivity index (χ0n) is 30.6. The van der Waals surface area contributed by atoms with Gasteiger partial charge in [-0.1, -0.05) is 146 Å². The van der Waals surface area contributed by atoms with E-state index >= 15 is 0 Å². The molecule has 2 aliphatic carbocycles. The minimum atomic E-state index is -0.746. The summed E-state index contributed by atoms with van der Waals surface area (Å²) >= 11 is 0. The fraction of sp³-hybridized carbons (Fsp3) is 0.0189. The molecule has 0 saturated carbocycles. The molecule has 0 amide bonds. The monoisotopic (exact) mass is 732 g/mol. The van der Waals surface area contributed by atoms with E-state index in [0.29, 0.717) is 22.3 Å². The van der Waals surface area contributed by atoms with E-state index in [-0.39, 0.29) is 0 Å². The summed E-state index contributed by atoms with van der Waals surface area (Å²) in [4.78, 5) is 46.3. The highest BCUT2D eigenvalue weighted by Crippen LogP contribution is 2.64. The maximum absolute atomic E-state index is 11.6. The molecule has 8 aromatic rings. The first-order valence-electron chi connectivity index (χ1n) is 18.8. The topological polar surface area (TPSA) is 68.3 Å². The molecule has 0 unspecified atom stereocenters. The van der Waals surface area contributed by atoms with Gasteiger partial charge in [-0.2, -0.15) is 0 Å². The molecule has 8 aromatic carbocycles. The van der Waals surface area contributed by atoms with E-state index in [9.17, 15) is 19.2 Å². The molecule has 57 heavy (non-hydrogen) atoms. The molecule has 0 atom stereocenters. The standard InChI is InChI=1S/C53H32O4/c54-29-33-1-9-37(10-2-33)41-17-21-45-46-22-18-42(38-11-3-34(30-55)4-12-38)26-50(46)53(49(45)25-41)51-27-43(39-13-5-35(31-56)6-14-39)19-23-47(51)48-24-20-44(28-52(48)53)40-15-7-36(32-57)8-16-40/h1-32H. The first-order chi connectivity index (χ1) is 28.0. The van der Waals surface area contributed by atoms with E-state index in [1.807, 2.05) is 97.1 Å². The summed E-state index contributed by atoms with van der Waals surface area (Å²) in [6, 6.07) is 57.7. The lowest BCUT2D eigenvalue weighted by molar-refractivity contribution is 0.111. The Morgan fingerprint density at radius 1 is 0.246 bits per heavy atom. The number of fused-ring (bicyclic) bond motifs is 10. The van der Waals surface area contributed by atoms with Crippen molar-refractivity contribution in [2.24, 2.45) is 0 Å². The molecule has 4 heteroatoms. The summed E-state index contributed by atoms with van der Waals surface area (Å²) in [6.07, 6.45) is 3.46. The van der Waals surface area contributed by atoms with Gasteiger partial charge in [0.05, 0.1) is 5.41 Å². The Labute approximate surface area is 329 Å². The fourth-order valence-electron chi connectivity index (χ4n) is 8.96. The normalized spacial score (nSPS) is 12.6. The van der Waals surface area contributed by atoms with Crippen LogP contribution >= 0.6 is 0 Å². The highest BCUT2D eigenvalue weighted by atomic mass is 16.1. The van der Waals surface area contributed by atoms with Crippen molar-refractivity contribution in [2.45, 2.75) is 5.41 Å². The lowest BCUT2D eigenvalue weighted by Crippen LogP contribution is -2.26. The summed E-state index contributed by atoms with van der Waals surface area (Å²) in [7, 11) is 0. The van der Waals surface area contributed by atoms with Gasteiger partial charge in [0.2, 0.25) is 0 Å². The Kier molecular flexibility index (Phi) is 7.94. The van der Waals surface area contributed by atoms with Gasteiger partial charge in [0, 0.05) is 22.3 Å². The molecular weight excluding hydrogens is 701 g/mol. The van der Waals surface area contributed by atoms with Crippen molar-refractivity contribution >= 4 is 25.1 Å². The molecular formula is C53H32O4. The summed E-state index contributed by atoms with van der Waals surface area (Å²) in [5.41, 5.74) is 19.1. The highest BCUT2D eigenvalue weighted by molar-refractivity contribution is 5.99.